The molecule has 15 heavy (non-hydrogen) atoms. The van der Waals surface area contributed by atoms with Crippen LogP contribution in [0.2, 0.25) is 0 Å². The number of rotatable bonds is 5. The molecular weight excluding hydrogens is 193 g/mol. The van der Waals surface area contributed by atoms with Gasteiger partial charge in [0.15, 0.2) is 0 Å². The number of aromatic nitrogens is 2. The molecule has 1 heterocycles. The molecule has 2 N–H and O–H groups in total. The fraction of sp³-hybridized carbons (Fsp3) is 0.727. The normalized spacial score (nSPS) is 15.6. The van der Waals surface area contributed by atoms with Crippen LogP contribution in [0.15, 0.2) is 12.4 Å². The van der Waals surface area contributed by atoms with Gasteiger partial charge in [-0.25, -0.2) is 9.37 Å². The summed E-state index contributed by atoms with van der Waals surface area (Å²) in [4.78, 5) is 4.11. The van der Waals surface area contributed by atoms with Crippen LogP contribution in [0, 0.1) is 11.8 Å². The van der Waals surface area contributed by atoms with E-state index >= 15 is 0 Å². The van der Waals surface area contributed by atoms with E-state index in [0.717, 1.165) is 5.82 Å². The highest BCUT2D eigenvalue weighted by atomic mass is 19.1. The second-order valence-corrected chi connectivity index (χ2v) is 4.32. The van der Waals surface area contributed by atoms with Crippen molar-refractivity contribution in [3.8, 4) is 0 Å². The third-order valence-corrected chi connectivity index (χ3v) is 2.89. The zero-order valence-corrected chi connectivity index (χ0v) is 9.65. The number of alkyl halides is 1. The first kappa shape index (κ1) is 12.2. The number of nitrogens with two attached hydrogens (primary N) is 1. The van der Waals surface area contributed by atoms with Crippen molar-refractivity contribution >= 4 is 0 Å². The molecule has 0 radical (unpaired) electrons. The van der Waals surface area contributed by atoms with E-state index in [9.17, 15) is 4.39 Å². The standard InChI is InChI=1S/C11H20FN3/c1-8(2)9(7-13)10(12)6-11-14-4-5-15(11)3/h4-5,8-10H,6-7,13H2,1-3H3. The minimum absolute atomic E-state index is 0.0818. The van der Waals surface area contributed by atoms with Gasteiger partial charge in [-0.05, 0) is 12.5 Å². The molecule has 0 saturated heterocycles. The van der Waals surface area contributed by atoms with E-state index in [1.54, 1.807) is 6.20 Å². The van der Waals surface area contributed by atoms with Crippen LogP contribution in [0.25, 0.3) is 0 Å². The van der Waals surface area contributed by atoms with Crippen molar-refractivity contribution in [3.05, 3.63) is 18.2 Å². The lowest BCUT2D eigenvalue weighted by molar-refractivity contribution is 0.182. The second-order valence-electron chi connectivity index (χ2n) is 4.32. The molecule has 0 fully saturated rings. The van der Waals surface area contributed by atoms with E-state index in [1.165, 1.54) is 0 Å². The number of imidazole rings is 1. The summed E-state index contributed by atoms with van der Waals surface area (Å²) in [7, 11) is 1.88. The van der Waals surface area contributed by atoms with Gasteiger partial charge in [0.25, 0.3) is 0 Å². The third kappa shape index (κ3) is 3.02. The molecule has 86 valence electrons. The van der Waals surface area contributed by atoms with Crippen LogP contribution in [0.5, 0.6) is 0 Å². The fourth-order valence-corrected chi connectivity index (χ4v) is 1.76. The second kappa shape index (κ2) is 5.26. The monoisotopic (exact) mass is 213 g/mol. The van der Waals surface area contributed by atoms with Gasteiger partial charge in [-0.1, -0.05) is 13.8 Å². The Balaban J connectivity index is 2.62. The molecular formula is C11H20FN3. The Morgan fingerprint density at radius 2 is 2.20 bits per heavy atom. The molecule has 0 saturated carbocycles. The lowest BCUT2D eigenvalue weighted by atomic mass is 9.89. The van der Waals surface area contributed by atoms with Gasteiger partial charge in [-0.2, -0.15) is 0 Å². The molecule has 0 amide bonds. The van der Waals surface area contributed by atoms with Gasteiger partial charge in [0.2, 0.25) is 0 Å². The lowest BCUT2D eigenvalue weighted by Crippen LogP contribution is -2.31. The number of halogens is 1. The van der Waals surface area contributed by atoms with E-state index in [0.29, 0.717) is 13.0 Å². The molecule has 0 aliphatic rings. The van der Waals surface area contributed by atoms with Crippen LogP contribution >= 0.6 is 0 Å². The first-order chi connectivity index (χ1) is 7.06. The van der Waals surface area contributed by atoms with E-state index in [2.05, 4.69) is 4.98 Å². The summed E-state index contributed by atoms with van der Waals surface area (Å²) >= 11 is 0. The summed E-state index contributed by atoms with van der Waals surface area (Å²) in [6, 6.07) is 0. The minimum Gasteiger partial charge on any atom is -0.338 e. The van der Waals surface area contributed by atoms with Crippen molar-refractivity contribution in [1.82, 2.24) is 9.55 Å². The molecule has 0 spiro atoms. The maximum atomic E-state index is 13.9. The number of aryl methyl sites for hydroxylation is 1. The largest absolute Gasteiger partial charge is 0.338 e. The van der Waals surface area contributed by atoms with E-state index in [1.807, 2.05) is 31.7 Å². The molecule has 1 aromatic rings. The first-order valence-electron chi connectivity index (χ1n) is 5.36. The van der Waals surface area contributed by atoms with Gasteiger partial charge in [0.1, 0.15) is 12.0 Å². The minimum atomic E-state index is -0.906. The Hall–Kier alpha value is -0.900. The Labute approximate surface area is 90.5 Å². The highest BCUT2D eigenvalue weighted by Gasteiger charge is 2.24. The molecule has 4 heteroatoms. The van der Waals surface area contributed by atoms with Crippen LogP contribution in [0.1, 0.15) is 19.7 Å². The maximum absolute atomic E-state index is 13.9. The zero-order valence-electron chi connectivity index (χ0n) is 9.65. The summed E-state index contributed by atoms with van der Waals surface area (Å²) < 4.78 is 15.8. The molecule has 0 bridgehead atoms. The Morgan fingerprint density at radius 3 is 2.60 bits per heavy atom. The molecule has 3 nitrogen and oxygen atoms in total. The topological polar surface area (TPSA) is 43.8 Å². The molecule has 2 unspecified atom stereocenters. The van der Waals surface area contributed by atoms with Crippen LogP contribution in [0.4, 0.5) is 4.39 Å². The van der Waals surface area contributed by atoms with Gasteiger partial charge in [0, 0.05) is 31.8 Å². The number of nitrogens with zero attached hydrogens (tertiary/aromatic N) is 2. The lowest BCUT2D eigenvalue weighted by Gasteiger charge is -2.22. The average Bonchev–Trinajstić information content (AvgIpc) is 2.52. The van der Waals surface area contributed by atoms with Gasteiger partial charge in [-0.15, -0.1) is 0 Å². The van der Waals surface area contributed by atoms with E-state index in [4.69, 9.17) is 5.73 Å². The van der Waals surface area contributed by atoms with Crippen molar-refractivity contribution in [3.63, 3.8) is 0 Å². The molecule has 1 aromatic heterocycles. The van der Waals surface area contributed by atoms with Crippen molar-refractivity contribution < 1.29 is 4.39 Å². The van der Waals surface area contributed by atoms with Crippen LogP contribution in [-0.4, -0.2) is 22.3 Å². The molecule has 1 rings (SSSR count). The van der Waals surface area contributed by atoms with E-state index in [-0.39, 0.29) is 11.8 Å². The first-order valence-corrected chi connectivity index (χ1v) is 5.36. The van der Waals surface area contributed by atoms with Crippen molar-refractivity contribution in [2.45, 2.75) is 26.4 Å². The molecule has 0 aromatic carbocycles. The summed E-state index contributed by atoms with van der Waals surface area (Å²) in [5, 5.41) is 0. The van der Waals surface area contributed by atoms with Crippen LogP contribution in [0.3, 0.4) is 0 Å². The predicted molar refractivity (Wildman–Crippen MR) is 59.2 cm³/mol. The van der Waals surface area contributed by atoms with Crippen molar-refractivity contribution in [2.24, 2.45) is 24.6 Å². The number of hydrogen-bond donors (Lipinski definition) is 1. The van der Waals surface area contributed by atoms with Crippen molar-refractivity contribution in [2.75, 3.05) is 6.54 Å². The quantitative estimate of drug-likeness (QED) is 0.806. The Morgan fingerprint density at radius 1 is 1.53 bits per heavy atom. The summed E-state index contributed by atoms with van der Waals surface area (Å²) in [5.41, 5.74) is 5.57. The average molecular weight is 213 g/mol. The Kier molecular flexibility index (Phi) is 4.27. The summed E-state index contributed by atoms with van der Waals surface area (Å²) in [5.74, 6) is 0.966. The molecule has 0 aliphatic heterocycles. The fourth-order valence-electron chi connectivity index (χ4n) is 1.76. The van der Waals surface area contributed by atoms with Gasteiger partial charge in [-0.3, -0.25) is 0 Å². The molecule has 2 atom stereocenters. The zero-order chi connectivity index (χ0) is 11.4. The summed E-state index contributed by atoms with van der Waals surface area (Å²) in [6.07, 6.45) is 2.96. The predicted octanol–water partition coefficient (Wildman–Crippen LogP) is 1.53. The number of hydrogen-bond acceptors (Lipinski definition) is 2. The molecule has 0 aliphatic carbocycles. The Bertz CT molecular complexity index is 296. The summed E-state index contributed by atoms with van der Waals surface area (Å²) in [6.45, 7) is 4.40. The van der Waals surface area contributed by atoms with Crippen LogP contribution < -0.4 is 5.73 Å². The van der Waals surface area contributed by atoms with Crippen LogP contribution in [-0.2, 0) is 13.5 Å². The third-order valence-electron chi connectivity index (χ3n) is 2.89. The highest BCUT2D eigenvalue weighted by molar-refractivity contribution is 4.94. The smallest absolute Gasteiger partial charge is 0.111 e. The maximum Gasteiger partial charge on any atom is 0.111 e. The van der Waals surface area contributed by atoms with Gasteiger partial charge in [0.05, 0.1) is 0 Å². The SMILES string of the molecule is CC(C)C(CN)C(F)Cc1nccn1C. The van der Waals surface area contributed by atoms with Gasteiger partial charge < -0.3 is 10.3 Å². The van der Waals surface area contributed by atoms with Gasteiger partial charge >= 0.3 is 0 Å². The highest BCUT2D eigenvalue weighted by Crippen LogP contribution is 2.19. The van der Waals surface area contributed by atoms with Crippen molar-refractivity contribution in [1.29, 1.82) is 0 Å². The van der Waals surface area contributed by atoms with E-state index < -0.39 is 6.17 Å².